The van der Waals surface area contributed by atoms with Crippen molar-refractivity contribution in [2.24, 2.45) is 11.0 Å². The number of rotatable bonds is 8. The van der Waals surface area contributed by atoms with E-state index in [9.17, 15) is 9.59 Å². The average molecular weight is 474 g/mol. The summed E-state index contributed by atoms with van der Waals surface area (Å²) >= 11 is 7.69. The van der Waals surface area contributed by atoms with Crippen LogP contribution in [0.25, 0.3) is 0 Å². The van der Waals surface area contributed by atoms with Crippen molar-refractivity contribution in [1.82, 2.24) is 9.91 Å². The number of amides is 2. The highest BCUT2D eigenvalue weighted by Gasteiger charge is 2.36. The van der Waals surface area contributed by atoms with Gasteiger partial charge in [-0.3, -0.25) is 9.59 Å². The highest BCUT2D eigenvalue weighted by Crippen LogP contribution is 2.34. The molecule has 32 heavy (non-hydrogen) atoms. The summed E-state index contributed by atoms with van der Waals surface area (Å²) in [6, 6.07) is 11.3. The van der Waals surface area contributed by atoms with E-state index in [0.29, 0.717) is 24.6 Å². The van der Waals surface area contributed by atoms with E-state index in [0.717, 1.165) is 41.8 Å². The predicted molar refractivity (Wildman–Crippen MR) is 127 cm³/mol. The number of nitrogens with zero attached hydrogens (tertiary/aromatic N) is 3. The van der Waals surface area contributed by atoms with Gasteiger partial charge in [0.05, 0.1) is 23.2 Å². The molecule has 1 aromatic carbocycles. The third-order valence-corrected chi connectivity index (χ3v) is 7.30. The van der Waals surface area contributed by atoms with Crippen LogP contribution in [0.3, 0.4) is 0 Å². The van der Waals surface area contributed by atoms with E-state index in [-0.39, 0.29) is 30.3 Å². The monoisotopic (exact) mass is 473 g/mol. The molecule has 1 atom stereocenters. The first-order valence-electron chi connectivity index (χ1n) is 11.0. The Kier molecular flexibility index (Phi) is 7.60. The van der Waals surface area contributed by atoms with Crippen molar-refractivity contribution >= 4 is 40.5 Å². The molecule has 4 rings (SSSR count). The first-order chi connectivity index (χ1) is 15.6. The molecular weight excluding hydrogens is 446 g/mol. The molecule has 1 fully saturated rings. The summed E-state index contributed by atoms with van der Waals surface area (Å²) in [5.74, 6) is -0.118. The Morgan fingerprint density at radius 3 is 2.62 bits per heavy atom. The van der Waals surface area contributed by atoms with Crippen molar-refractivity contribution in [2.45, 2.75) is 38.1 Å². The van der Waals surface area contributed by atoms with E-state index in [1.165, 1.54) is 0 Å². The van der Waals surface area contributed by atoms with Crippen LogP contribution < -0.4 is 0 Å². The molecule has 2 aliphatic rings. The van der Waals surface area contributed by atoms with Crippen LogP contribution in [0.4, 0.5) is 0 Å². The quantitative estimate of drug-likeness (QED) is 0.556. The minimum absolute atomic E-state index is 0.00397. The minimum atomic E-state index is -0.220. The maximum atomic E-state index is 13.5. The number of methoxy groups -OCH3 is 1. The number of benzene rings is 1. The predicted octanol–water partition coefficient (Wildman–Crippen LogP) is 4.74. The second-order valence-corrected chi connectivity index (χ2v) is 9.65. The fourth-order valence-electron chi connectivity index (χ4n) is 4.41. The first kappa shape index (κ1) is 23.0. The molecule has 2 aromatic rings. The van der Waals surface area contributed by atoms with Gasteiger partial charge in [-0.1, -0.05) is 42.6 Å². The van der Waals surface area contributed by atoms with Crippen LogP contribution >= 0.6 is 22.9 Å². The molecule has 1 aliphatic heterocycles. The normalized spacial score (nSPS) is 18.8. The molecule has 2 heterocycles. The first-order valence-corrected chi connectivity index (χ1v) is 12.3. The molecule has 1 aromatic heterocycles. The van der Waals surface area contributed by atoms with Crippen LogP contribution in [-0.2, 0) is 14.3 Å². The topological polar surface area (TPSA) is 62.2 Å². The summed E-state index contributed by atoms with van der Waals surface area (Å²) in [7, 11) is 1.61. The summed E-state index contributed by atoms with van der Waals surface area (Å²) in [5.41, 5.74) is 1.86. The van der Waals surface area contributed by atoms with Crippen molar-refractivity contribution in [3.63, 3.8) is 0 Å². The minimum Gasteiger partial charge on any atom is -0.383 e. The van der Waals surface area contributed by atoms with Gasteiger partial charge in [0, 0.05) is 31.0 Å². The Bertz CT molecular complexity index is 955. The van der Waals surface area contributed by atoms with Crippen LogP contribution in [0, 0.1) is 5.92 Å². The van der Waals surface area contributed by atoms with Crippen molar-refractivity contribution in [3.8, 4) is 0 Å². The van der Waals surface area contributed by atoms with E-state index in [2.05, 4.69) is 0 Å². The number of thiophene rings is 1. The molecule has 1 saturated carbocycles. The molecule has 0 spiro atoms. The van der Waals surface area contributed by atoms with Crippen LogP contribution in [0.5, 0.6) is 0 Å². The number of carbonyl (C=O) groups excluding carboxylic acids is 2. The fraction of sp³-hybridized carbons (Fsp3) is 0.458. The largest absolute Gasteiger partial charge is 0.383 e. The molecule has 170 valence electrons. The summed E-state index contributed by atoms with van der Waals surface area (Å²) in [6.07, 6.45) is 4.56. The molecular formula is C24H28ClN3O3S. The Balaban J connectivity index is 1.56. The molecule has 1 aliphatic carbocycles. The van der Waals surface area contributed by atoms with Gasteiger partial charge in [0.15, 0.2) is 0 Å². The summed E-state index contributed by atoms with van der Waals surface area (Å²) in [6.45, 7) is 0.804. The van der Waals surface area contributed by atoms with Crippen molar-refractivity contribution in [3.05, 3.63) is 57.2 Å². The van der Waals surface area contributed by atoms with Gasteiger partial charge in [0.2, 0.25) is 5.91 Å². The highest BCUT2D eigenvalue weighted by molar-refractivity contribution is 7.12. The van der Waals surface area contributed by atoms with Crippen molar-refractivity contribution < 1.29 is 14.3 Å². The summed E-state index contributed by atoms with van der Waals surface area (Å²) in [5, 5.41) is 8.92. The van der Waals surface area contributed by atoms with Crippen LogP contribution in [0.2, 0.25) is 5.02 Å². The van der Waals surface area contributed by atoms with Gasteiger partial charge < -0.3 is 9.64 Å². The van der Waals surface area contributed by atoms with E-state index in [4.69, 9.17) is 21.4 Å². The number of halogens is 1. The number of ether oxygens (including phenoxy) is 1. The average Bonchev–Trinajstić information content (AvgIpc) is 3.57. The SMILES string of the molecule is COCCN(CC(=O)N1N=C(c2cccs2)C[C@H]1c1ccc(Cl)cc1)C(=O)C1CCCC1. The third-order valence-electron chi connectivity index (χ3n) is 6.13. The third kappa shape index (κ3) is 5.22. The van der Waals surface area contributed by atoms with Crippen molar-refractivity contribution in [2.75, 3.05) is 26.8 Å². The van der Waals surface area contributed by atoms with Gasteiger partial charge in [-0.05, 0) is 42.0 Å². The number of hydrazone groups is 1. The zero-order valence-electron chi connectivity index (χ0n) is 18.2. The highest BCUT2D eigenvalue weighted by atomic mass is 35.5. The Hall–Kier alpha value is -2.22. The Morgan fingerprint density at radius 1 is 1.22 bits per heavy atom. The van der Waals surface area contributed by atoms with Gasteiger partial charge in [-0.25, -0.2) is 5.01 Å². The number of hydrogen-bond donors (Lipinski definition) is 0. The zero-order valence-corrected chi connectivity index (χ0v) is 19.8. The maximum absolute atomic E-state index is 13.5. The van der Waals surface area contributed by atoms with E-state index >= 15 is 0 Å². The van der Waals surface area contributed by atoms with Crippen LogP contribution in [-0.4, -0.2) is 54.2 Å². The van der Waals surface area contributed by atoms with Crippen LogP contribution in [0.15, 0.2) is 46.9 Å². The van der Waals surface area contributed by atoms with E-state index in [1.54, 1.807) is 28.4 Å². The molecule has 0 bridgehead atoms. The second kappa shape index (κ2) is 10.6. The maximum Gasteiger partial charge on any atom is 0.262 e. The summed E-state index contributed by atoms with van der Waals surface area (Å²) in [4.78, 5) is 29.3. The molecule has 2 amide bonds. The lowest BCUT2D eigenvalue weighted by Gasteiger charge is -2.28. The number of carbonyl (C=O) groups is 2. The lowest BCUT2D eigenvalue weighted by Crippen LogP contribution is -2.44. The van der Waals surface area contributed by atoms with Gasteiger partial charge >= 0.3 is 0 Å². The number of hydrogen-bond acceptors (Lipinski definition) is 5. The summed E-state index contributed by atoms with van der Waals surface area (Å²) < 4.78 is 5.20. The smallest absolute Gasteiger partial charge is 0.262 e. The van der Waals surface area contributed by atoms with E-state index < -0.39 is 0 Å². The standard InChI is InChI=1S/C24H28ClN3O3S/c1-31-13-12-27(24(30)18-5-2-3-6-18)16-23(29)28-21(17-8-10-19(25)11-9-17)15-20(26-28)22-7-4-14-32-22/h4,7-11,14,18,21H,2-3,5-6,12-13,15-16H2,1H3/t21-/m0/s1. The van der Waals surface area contributed by atoms with Crippen molar-refractivity contribution in [1.29, 1.82) is 0 Å². The van der Waals surface area contributed by atoms with Gasteiger partial charge in [-0.2, -0.15) is 5.10 Å². The second-order valence-electron chi connectivity index (χ2n) is 8.27. The van der Waals surface area contributed by atoms with Crippen LogP contribution in [0.1, 0.15) is 48.6 Å². The molecule has 8 heteroatoms. The fourth-order valence-corrected chi connectivity index (χ4v) is 5.26. The molecule has 0 N–H and O–H groups in total. The molecule has 0 unspecified atom stereocenters. The Morgan fingerprint density at radius 2 is 1.97 bits per heavy atom. The van der Waals surface area contributed by atoms with Gasteiger partial charge in [0.25, 0.3) is 5.91 Å². The molecule has 6 nitrogen and oxygen atoms in total. The Labute approximate surface area is 197 Å². The van der Waals surface area contributed by atoms with Gasteiger partial charge in [0.1, 0.15) is 6.54 Å². The van der Waals surface area contributed by atoms with E-state index in [1.807, 2.05) is 41.8 Å². The van der Waals surface area contributed by atoms with Gasteiger partial charge in [-0.15, -0.1) is 11.3 Å². The molecule has 0 saturated heterocycles. The lowest BCUT2D eigenvalue weighted by atomic mass is 10.0. The zero-order chi connectivity index (χ0) is 22.5. The lowest BCUT2D eigenvalue weighted by molar-refractivity contribution is -0.144. The molecule has 0 radical (unpaired) electrons.